The number of ether oxygens (including phenoxy) is 1. The second-order valence-corrected chi connectivity index (χ2v) is 2.96. The molecule has 0 radical (unpaired) electrons. The van der Waals surface area contributed by atoms with Crippen molar-refractivity contribution in [2.75, 3.05) is 18.5 Å². The Hall–Kier alpha value is -1.78. The van der Waals surface area contributed by atoms with Gasteiger partial charge in [0.25, 0.3) is 0 Å². The van der Waals surface area contributed by atoms with Crippen molar-refractivity contribution in [3.05, 3.63) is 18.3 Å². The summed E-state index contributed by atoms with van der Waals surface area (Å²) in [5, 5.41) is 3.03. The molecule has 1 aromatic heterocycles. The van der Waals surface area contributed by atoms with Crippen LogP contribution in [0.1, 0.15) is 13.3 Å². The quantitative estimate of drug-likeness (QED) is 0.725. The van der Waals surface area contributed by atoms with Crippen molar-refractivity contribution >= 4 is 11.6 Å². The average Bonchev–Trinajstić information content (AvgIpc) is 2.20. The zero-order chi connectivity index (χ0) is 11.1. The van der Waals surface area contributed by atoms with Crippen molar-refractivity contribution in [1.29, 1.82) is 0 Å². The second kappa shape index (κ2) is 5.85. The molecule has 0 bridgehead atoms. The van der Waals surface area contributed by atoms with E-state index in [0.717, 1.165) is 5.69 Å². The molecular weight excluding hydrogens is 194 g/mol. The smallest absolute Gasteiger partial charge is 0.219 e. The van der Waals surface area contributed by atoms with Gasteiger partial charge in [-0.25, -0.2) is 4.98 Å². The summed E-state index contributed by atoms with van der Waals surface area (Å²) in [7, 11) is 0. The molecule has 82 valence electrons. The zero-order valence-corrected chi connectivity index (χ0v) is 8.69. The van der Waals surface area contributed by atoms with Crippen LogP contribution in [0, 0.1) is 0 Å². The summed E-state index contributed by atoms with van der Waals surface area (Å²) in [6, 6.07) is 3.62. The molecule has 15 heavy (non-hydrogen) atoms. The Balaban J connectivity index is 2.39. The molecule has 5 heteroatoms. The van der Waals surface area contributed by atoms with Gasteiger partial charge in [-0.3, -0.25) is 4.79 Å². The second-order valence-electron chi connectivity index (χ2n) is 2.96. The highest BCUT2D eigenvalue weighted by Gasteiger charge is 1.97. The fourth-order valence-electron chi connectivity index (χ4n) is 1.05. The Labute approximate surface area is 88.6 Å². The number of amides is 1. The van der Waals surface area contributed by atoms with E-state index in [1.807, 2.05) is 13.0 Å². The van der Waals surface area contributed by atoms with Gasteiger partial charge in [0, 0.05) is 19.0 Å². The Kier molecular flexibility index (Phi) is 4.40. The number of primary amides is 1. The maximum Gasteiger partial charge on any atom is 0.219 e. The topological polar surface area (TPSA) is 77.2 Å². The van der Waals surface area contributed by atoms with Crippen LogP contribution in [-0.2, 0) is 4.79 Å². The van der Waals surface area contributed by atoms with Gasteiger partial charge < -0.3 is 15.8 Å². The summed E-state index contributed by atoms with van der Waals surface area (Å²) >= 11 is 0. The minimum absolute atomic E-state index is 0.313. The van der Waals surface area contributed by atoms with E-state index in [0.29, 0.717) is 25.5 Å². The Morgan fingerprint density at radius 3 is 2.93 bits per heavy atom. The average molecular weight is 209 g/mol. The van der Waals surface area contributed by atoms with Gasteiger partial charge in [0.15, 0.2) is 0 Å². The number of hydrogen-bond donors (Lipinski definition) is 2. The molecule has 1 rings (SSSR count). The molecule has 0 aliphatic carbocycles. The lowest BCUT2D eigenvalue weighted by Crippen LogP contribution is -2.15. The van der Waals surface area contributed by atoms with Crippen LogP contribution in [0.15, 0.2) is 18.3 Å². The lowest BCUT2D eigenvalue weighted by Gasteiger charge is -2.05. The highest BCUT2D eigenvalue weighted by Crippen LogP contribution is 2.11. The summed E-state index contributed by atoms with van der Waals surface area (Å²) in [4.78, 5) is 14.5. The first-order valence-electron chi connectivity index (χ1n) is 4.83. The summed E-state index contributed by atoms with van der Waals surface area (Å²) in [6.07, 6.45) is 1.97. The predicted octanol–water partition coefficient (Wildman–Crippen LogP) is 0.768. The normalized spacial score (nSPS) is 9.67. The number of carbonyl (C=O) groups is 1. The first-order valence-corrected chi connectivity index (χ1v) is 4.83. The van der Waals surface area contributed by atoms with Crippen LogP contribution < -0.4 is 15.8 Å². The zero-order valence-electron chi connectivity index (χ0n) is 8.69. The molecule has 0 atom stereocenters. The molecule has 0 saturated carbocycles. The Morgan fingerprint density at radius 1 is 1.60 bits per heavy atom. The molecule has 0 saturated heterocycles. The molecule has 0 aromatic carbocycles. The van der Waals surface area contributed by atoms with Crippen LogP contribution >= 0.6 is 0 Å². The summed E-state index contributed by atoms with van der Waals surface area (Å²) in [5.41, 5.74) is 5.85. The SMILES string of the molecule is CCOc1ccc(NCCC(N)=O)cn1. The summed E-state index contributed by atoms with van der Waals surface area (Å²) < 4.78 is 5.19. The van der Waals surface area contributed by atoms with E-state index in [2.05, 4.69) is 10.3 Å². The van der Waals surface area contributed by atoms with Gasteiger partial charge >= 0.3 is 0 Å². The molecule has 1 heterocycles. The van der Waals surface area contributed by atoms with Crippen LogP contribution in [0.3, 0.4) is 0 Å². The minimum Gasteiger partial charge on any atom is -0.478 e. The molecular formula is C10H15N3O2. The molecule has 5 nitrogen and oxygen atoms in total. The monoisotopic (exact) mass is 209 g/mol. The number of carbonyl (C=O) groups excluding carboxylic acids is 1. The third-order valence-corrected chi connectivity index (χ3v) is 1.73. The van der Waals surface area contributed by atoms with Crippen molar-refractivity contribution < 1.29 is 9.53 Å². The van der Waals surface area contributed by atoms with Gasteiger partial charge in [0.1, 0.15) is 0 Å². The van der Waals surface area contributed by atoms with E-state index in [9.17, 15) is 4.79 Å². The molecule has 0 unspecified atom stereocenters. The van der Waals surface area contributed by atoms with Crippen LogP contribution in [0.5, 0.6) is 5.88 Å². The van der Waals surface area contributed by atoms with Gasteiger partial charge in [-0.15, -0.1) is 0 Å². The van der Waals surface area contributed by atoms with Crippen molar-refractivity contribution in [3.63, 3.8) is 0 Å². The molecule has 1 aromatic rings. The van der Waals surface area contributed by atoms with Crippen LogP contribution in [0.4, 0.5) is 5.69 Å². The van der Waals surface area contributed by atoms with Gasteiger partial charge in [-0.05, 0) is 13.0 Å². The third-order valence-electron chi connectivity index (χ3n) is 1.73. The Bertz CT molecular complexity index is 311. The predicted molar refractivity (Wildman–Crippen MR) is 57.7 cm³/mol. The van der Waals surface area contributed by atoms with E-state index in [-0.39, 0.29) is 5.91 Å². The van der Waals surface area contributed by atoms with E-state index in [4.69, 9.17) is 10.5 Å². The molecule has 0 spiro atoms. The number of rotatable bonds is 6. The van der Waals surface area contributed by atoms with Crippen LogP contribution in [0.25, 0.3) is 0 Å². The summed E-state index contributed by atoms with van der Waals surface area (Å²) in [5.74, 6) is 0.277. The van der Waals surface area contributed by atoms with E-state index in [1.165, 1.54) is 0 Å². The molecule has 1 amide bonds. The maximum atomic E-state index is 10.5. The van der Waals surface area contributed by atoms with Gasteiger partial charge in [0.2, 0.25) is 11.8 Å². The maximum absolute atomic E-state index is 10.5. The number of pyridine rings is 1. The number of nitrogens with two attached hydrogens (primary N) is 1. The van der Waals surface area contributed by atoms with Gasteiger partial charge in [-0.1, -0.05) is 0 Å². The van der Waals surface area contributed by atoms with Crippen molar-refractivity contribution in [1.82, 2.24) is 4.98 Å². The van der Waals surface area contributed by atoms with Crippen LogP contribution in [-0.4, -0.2) is 24.0 Å². The summed E-state index contributed by atoms with van der Waals surface area (Å²) in [6.45, 7) is 3.02. The number of anilines is 1. The highest BCUT2D eigenvalue weighted by molar-refractivity contribution is 5.74. The van der Waals surface area contributed by atoms with Crippen molar-refractivity contribution in [2.45, 2.75) is 13.3 Å². The van der Waals surface area contributed by atoms with Gasteiger partial charge in [0.05, 0.1) is 18.5 Å². The fourth-order valence-corrected chi connectivity index (χ4v) is 1.05. The highest BCUT2D eigenvalue weighted by atomic mass is 16.5. The first kappa shape index (κ1) is 11.3. The molecule has 0 aliphatic rings. The Morgan fingerprint density at radius 2 is 2.40 bits per heavy atom. The van der Waals surface area contributed by atoms with E-state index in [1.54, 1.807) is 12.3 Å². The lowest BCUT2D eigenvalue weighted by atomic mass is 10.3. The standard InChI is InChI=1S/C10H15N3O2/c1-2-15-10-4-3-8(7-13-10)12-6-5-9(11)14/h3-4,7,12H,2,5-6H2,1H3,(H2,11,14). The van der Waals surface area contributed by atoms with Crippen molar-refractivity contribution in [2.24, 2.45) is 5.73 Å². The number of aromatic nitrogens is 1. The largest absolute Gasteiger partial charge is 0.478 e. The minimum atomic E-state index is -0.318. The fraction of sp³-hybridized carbons (Fsp3) is 0.400. The first-order chi connectivity index (χ1) is 7.22. The number of hydrogen-bond acceptors (Lipinski definition) is 4. The van der Waals surface area contributed by atoms with E-state index < -0.39 is 0 Å². The number of nitrogens with one attached hydrogen (secondary N) is 1. The third kappa shape index (κ3) is 4.30. The lowest BCUT2D eigenvalue weighted by molar-refractivity contribution is -0.117. The molecule has 3 N–H and O–H groups in total. The molecule has 0 fully saturated rings. The number of nitrogens with zero attached hydrogens (tertiary/aromatic N) is 1. The van der Waals surface area contributed by atoms with Gasteiger partial charge in [-0.2, -0.15) is 0 Å². The molecule has 0 aliphatic heterocycles. The van der Waals surface area contributed by atoms with E-state index >= 15 is 0 Å². The van der Waals surface area contributed by atoms with Crippen molar-refractivity contribution in [3.8, 4) is 5.88 Å². The van der Waals surface area contributed by atoms with Crippen LogP contribution in [0.2, 0.25) is 0 Å².